The van der Waals surface area contributed by atoms with Gasteiger partial charge in [0.1, 0.15) is 5.75 Å². The second-order valence-corrected chi connectivity index (χ2v) is 4.08. The molecule has 0 radical (unpaired) electrons. The Morgan fingerprint density at radius 2 is 1.65 bits per heavy atom. The molecule has 112 valence electrons. The van der Waals surface area contributed by atoms with E-state index >= 15 is 0 Å². The Kier molecular flexibility index (Phi) is 4.42. The van der Waals surface area contributed by atoms with Crippen molar-refractivity contribution < 1.29 is 36.2 Å². The number of nitrogens with one attached hydrogen (secondary N) is 1. The second kappa shape index (κ2) is 5.39. The molecule has 1 aromatic carbocycles. The maximum atomic E-state index is 12.3. The zero-order valence-electron chi connectivity index (χ0n) is 9.31. The number of amides is 1. The van der Waals surface area contributed by atoms with Gasteiger partial charge in [-0.15, -0.1) is 0 Å². The van der Waals surface area contributed by atoms with Crippen LogP contribution in [0.25, 0.3) is 0 Å². The first-order valence-corrected chi connectivity index (χ1v) is 5.23. The van der Waals surface area contributed by atoms with Crippen molar-refractivity contribution >= 4 is 23.2 Å². The smallest absolute Gasteiger partial charge is 0.409 e. The number of hydrogen-bond acceptors (Lipinski definition) is 2. The first kappa shape index (κ1) is 16.4. The summed E-state index contributed by atoms with van der Waals surface area (Å²) in [5.41, 5.74) is -0.406. The number of anilines is 1. The van der Waals surface area contributed by atoms with Crippen LogP contribution < -0.4 is 5.32 Å². The largest absolute Gasteiger partial charge is 0.506 e. The lowest BCUT2D eigenvalue weighted by molar-refractivity contribution is -0.272. The van der Waals surface area contributed by atoms with Crippen LogP contribution in [0.15, 0.2) is 18.2 Å². The highest BCUT2D eigenvalue weighted by Crippen LogP contribution is 2.40. The molecule has 0 bridgehead atoms. The lowest BCUT2D eigenvalue weighted by Gasteiger charge is -2.22. The van der Waals surface area contributed by atoms with E-state index in [0.717, 1.165) is 18.2 Å². The Balaban J connectivity index is 3.00. The third kappa shape index (κ3) is 3.92. The van der Waals surface area contributed by atoms with Gasteiger partial charge in [0.05, 0.1) is 5.02 Å². The molecule has 3 nitrogen and oxygen atoms in total. The summed E-state index contributed by atoms with van der Waals surface area (Å²) in [5.74, 6) is -6.87. The third-order valence-electron chi connectivity index (χ3n) is 2.13. The van der Waals surface area contributed by atoms with Crippen molar-refractivity contribution in [2.45, 2.75) is 12.4 Å². The minimum absolute atomic E-state index is 0.335. The number of phenols is 1. The fourth-order valence-electron chi connectivity index (χ4n) is 1.28. The minimum Gasteiger partial charge on any atom is -0.506 e. The highest BCUT2D eigenvalue weighted by Gasteiger charge is 2.61. The number of benzene rings is 1. The summed E-state index contributed by atoms with van der Waals surface area (Å²) in [7, 11) is 0. The molecule has 0 spiro atoms. The standard InChI is InChI=1S/C10H6ClF6NO2/c11-5-3-4(1-2-6(5)19)18-8(20)7(9(12,13)14)10(15,16)17/h1-3,7,19H,(H,18,20). The monoisotopic (exact) mass is 321 g/mol. The molecule has 20 heavy (non-hydrogen) atoms. The van der Waals surface area contributed by atoms with Crippen molar-refractivity contribution in [1.29, 1.82) is 0 Å². The molecule has 0 fully saturated rings. The molecule has 1 rings (SSSR count). The van der Waals surface area contributed by atoms with E-state index in [0.29, 0.717) is 0 Å². The van der Waals surface area contributed by atoms with Crippen molar-refractivity contribution in [1.82, 2.24) is 0 Å². The quantitative estimate of drug-likeness (QED) is 0.644. The van der Waals surface area contributed by atoms with Crippen LogP contribution in [0.1, 0.15) is 0 Å². The summed E-state index contributed by atoms with van der Waals surface area (Å²) in [4.78, 5) is 11.1. The molecule has 0 aliphatic carbocycles. The molecule has 0 aromatic heterocycles. The Hall–Kier alpha value is -1.64. The van der Waals surface area contributed by atoms with Crippen LogP contribution in [0.5, 0.6) is 5.75 Å². The van der Waals surface area contributed by atoms with Gasteiger partial charge < -0.3 is 10.4 Å². The molecule has 1 aromatic rings. The minimum atomic E-state index is -5.77. The number of halogens is 7. The van der Waals surface area contributed by atoms with Crippen LogP contribution in [0.4, 0.5) is 32.0 Å². The number of aromatic hydroxyl groups is 1. The molecule has 10 heteroatoms. The SMILES string of the molecule is O=C(Nc1ccc(O)c(Cl)c1)C(C(F)(F)F)C(F)(F)F. The zero-order chi connectivity index (χ0) is 15.7. The molecule has 0 unspecified atom stereocenters. The van der Waals surface area contributed by atoms with E-state index in [1.54, 1.807) is 0 Å². The van der Waals surface area contributed by atoms with E-state index in [-0.39, 0.29) is 5.02 Å². The summed E-state index contributed by atoms with van der Waals surface area (Å²) in [6.07, 6.45) is -11.5. The highest BCUT2D eigenvalue weighted by molar-refractivity contribution is 6.32. The normalized spacial score (nSPS) is 12.6. The van der Waals surface area contributed by atoms with Gasteiger partial charge >= 0.3 is 12.4 Å². The van der Waals surface area contributed by atoms with Crippen LogP contribution in [-0.4, -0.2) is 23.4 Å². The summed E-state index contributed by atoms with van der Waals surface area (Å²) < 4.78 is 73.6. The predicted octanol–water partition coefficient (Wildman–Crippen LogP) is 3.72. The van der Waals surface area contributed by atoms with E-state index in [1.807, 2.05) is 0 Å². The molecule has 1 amide bonds. The van der Waals surface area contributed by atoms with E-state index in [9.17, 15) is 31.1 Å². The fourth-order valence-corrected chi connectivity index (χ4v) is 1.46. The second-order valence-electron chi connectivity index (χ2n) is 3.67. The Morgan fingerprint density at radius 3 is 2.05 bits per heavy atom. The van der Waals surface area contributed by atoms with Gasteiger partial charge in [-0.25, -0.2) is 0 Å². The van der Waals surface area contributed by atoms with Gasteiger partial charge in [-0.05, 0) is 18.2 Å². The fraction of sp³-hybridized carbons (Fsp3) is 0.300. The number of carbonyl (C=O) groups excluding carboxylic acids is 1. The lowest BCUT2D eigenvalue weighted by Crippen LogP contribution is -2.45. The van der Waals surface area contributed by atoms with Gasteiger partial charge in [0.15, 0.2) is 0 Å². The van der Waals surface area contributed by atoms with E-state index < -0.39 is 35.6 Å². The predicted molar refractivity (Wildman–Crippen MR) is 57.3 cm³/mol. The van der Waals surface area contributed by atoms with Gasteiger partial charge in [-0.3, -0.25) is 4.79 Å². The lowest BCUT2D eigenvalue weighted by atomic mass is 10.1. The van der Waals surface area contributed by atoms with Crippen LogP contribution in [0.2, 0.25) is 5.02 Å². The molecule has 0 atom stereocenters. The first-order valence-electron chi connectivity index (χ1n) is 4.85. The molecule has 0 saturated carbocycles. The van der Waals surface area contributed by atoms with Crippen molar-refractivity contribution in [2.75, 3.05) is 5.32 Å². The number of alkyl halides is 6. The third-order valence-corrected chi connectivity index (χ3v) is 2.43. The Labute approximate surface area is 113 Å². The van der Waals surface area contributed by atoms with E-state index in [1.165, 1.54) is 5.32 Å². The average Bonchev–Trinajstić information content (AvgIpc) is 2.18. The maximum Gasteiger partial charge on any atom is 0.409 e. The summed E-state index contributed by atoms with van der Waals surface area (Å²) in [5, 5.41) is 10.2. The van der Waals surface area contributed by atoms with Crippen molar-refractivity contribution in [3.63, 3.8) is 0 Å². The average molecular weight is 322 g/mol. The van der Waals surface area contributed by atoms with Gasteiger partial charge in [0, 0.05) is 5.69 Å². The first-order chi connectivity index (χ1) is 8.93. The van der Waals surface area contributed by atoms with Crippen molar-refractivity contribution in [3.8, 4) is 5.75 Å². The highest BCUT2D eigenvalue weighted by atomic mass is 35.5. The zero-order valence-corrected chi connectivity index (χ0v) is 10.1. The molecule has 0 aliphatic rings. The maximum absolute atomic E-state index is 12.3. The summed E-state index contributed by atoms with van der Waals surface area (Å²) in [6.45, 7) is 0. The molecule has 0 heterocycles. The molecule has 0 aliphatic heterocycles. The van der Waals surface area contributed by atoms with Crippen LogP contribution in [0.3, 0.4) is 0 Å². The number of phenolic OH excluding ortho intramolecular Hbond substituents is 1. The number of carbonyl (C=O) groups is 1. The number of rotatable bonds is 2. The van der Waals surface area contributed by atoms with Crippen LogP contribution >= 0.6 is 11.6 Å². The van der Waals surface area contributed by atoms with Crippen molar-refractivity contribution in [2.24, 2.45) is 5.92 Å². The van der Waals surface area contributed by atoms with E-state index in [4.69, 9.17) is 16.7 Å². The Bertz CT molecular complexity index is 499. The summed E-state index contributed by atoms with van der Waals surface area (Å²) in [6, 6.07) is 2.63. The molecular weight excluding hydrogens is 316 g/mol. The van der Waals surface area contributed by atoms with Gasteiger partial charge in [-0.2, -0.15) is 26.3 Å². The molecular formula is C10H6ClF6NO2. The summed E-state index contributed by atoms with van der Waals surface area (Å²) >= 11 is 5.41. The Morgan fingerprint density at radius 1 is 1.15 bits per heavy atom. The van der Waals surface area contributed by atoms with Crippen molar-refractivity contribution in [3.05, 3.63) is 23.2 Å². The van der Waals surface area contributed by atoms with E-state index in [2.05, 4.69) is 0 Å². The van der Waals surface area contributed by atoms with Crippen LogP contribution in [0, 0.1) is 5.92 Å². The molecule has 0 saturated heterocycles. The number of hydrogen-bond donors (Lipinski definition) is 2. The van der Waals surface area contributed by atoms with Gasteiger partial charge in [0.2, 0.25) is 11.8 Å². The molecule has 2 N–H and O–H groups in total. The topological polar surface area (TPSA) is 49.3 Å². The van der Waals surface area contributed by atoms with Gasteiger partial charge in [0.25, 0.3) is 0 Å². The van der Waals surface area contributed by atoms with Gasteiger partial charge in [-0.1, -0.05) is 11.6 Å². The van der Waals surface area contributed by atoms with Crippen LogP contribution in [-0.2, 0) is 4.79 Å².